The van der Waals surface area contributed by atoms with Gasteiger partial charge in [0.2, 0.25) is 0 Å². The van der Waals surface area contributed by atoms with E-state index in [-0.39, 0.29) is 6.10 Å². The molecule has 0 bridgehead atoms. The summed E-state index contributed by atoms with van der Waals surface area (Å²) in [6.45, 7) is 30.5. The van der Waals surface area contributed by atoms with Crippen molar-refractivity contribution in [3.05, 3.63) is 81.0 Å². The van der Waals surface area contributed by atoms with Crippen LogP contribution in [0.15, 0.2) is 81.0 Å². The predicted molar refractivity (Wildman–Crippen MR) is 229 cm³/mol. The molecule has 0 saturated heterocycles. The summed E-state index contributed by atoms with van der Waals surface area (Å²) >= 11 is 0. The molecule has 0 aliphatic heterocycles. The lowest BCUT2D eigenvalue weighted by molar-refractivity contribution is -0.158. The van der Waals surface area contributed by atoms with Crippen molar-refractivity contribution in [1.29, 1.82) is 0 Å². The highest BCUT2D eigenvalue weighted by Crippen LogP contribution is 2.68. The Morgan fingerprint density at radius 2 is 1.33 bits per heavy atom. The molecule has 55 heavy (non-hydrogen) atoms. The second kappa shape index (κ2) is 19.1. The highest BCUT2D eigenvalue weighted by Gasteiger charge is 2.60. The van der Waals surface area contributed by atoms with Gasteiger partial charge in [-0.3, -0.25) is 0 Å². The molecule has 1 aromatic carbocycles. The zero-order valence-corrected chi connectivity index (χ0v) is 35.0. The Hall–Kier alpha value is -3.54. The van der Waals surface area contributed by atoms with Gasteiger partial charge in [0.15, 0.2) is 0 Å². The van der Waals surface area contributed by atoms with Crippen molar-refractivity contribution in [1.82, 2.24) is 0 Å². The van der Waals surface area contributed by atoms with E-state index in [0.29, 0.717) is 48.7 Å². The number of rotatable bonds is 19. The third-order valence-electron chi connectivity index (χ3n) is 14.7. The maximum atomic E-state index is 13.1. The Kier molecular flexibility index (Phi) is 14.8. The van der Waals surface area contributed by atoms with Crippen LogP contribution in [0.1, 0.15) is 112 Å². The van der Waals surface area contributed by atoms with Gasteiger partial charge in [-0.05, 0) is 116 Å². The molecule has 6 heteroatoms. The van der Waals surface area contributed by atoms with Gasteiger partial charge in [0.1, 0.15) is 11.9 Å². The van der Waals surface area contributed by atoms with E-state index in [1.165, 1.54) is 69.9 Å². The second-order valence-electron chi connectivity index (χ2n) is 18.4. The van der Waals surface area contributed by atoms with Crippen LogP contribution < -0.4 is 14.5 Å². The first kappa shape index (κ1) is 42.6. The number of fused-ring (bicyclic) bond motifs is 5. The van der Waals surface area contributed by atoms with Gasteiger partial charge in [0.25, 0.3) is 0 Å². The van der Waals surface area contributed by atoms with Crippen molar-refractivity contribution in [3.63, 3.8) is 0 Å². The molecule has 4 saturated carbocycles. The van der Waals surface area contributed by atoms with Gasteiger partial charge in [0.05, 0.1) is 0 Å². The Balaban J connectivity index is 1.18. The van der Waals surface area contributed by atoms with Crippen molar-refractivity contribution in [2.75, 3.05) is 36.0 Å². The van der Waals surface area contributed by atoms with Crippen LogP contribution in [0.2, 0.25) is 0 Å². The Bertz CT molecular complexity index is 1480. The molecular weight excluding hydrogens is 681 g/mol. The van der Waals surface area contributed by atoms with Gasteiger partial charge in [-0.2, -0.15) is 0 Å². The third kappa shape index (κ3) is 9.89. The molecule has 0 heterocycles. The quantitative estimate of drug-likeness (QED) is 0.0607. The van der Waals surface area contributed by atoms with E-state index in [1.807, 2.05) is 42.5 Å². The van der Waals surface area contributed by atoms with Crippen LogP contribution in [-0.2, 0) is 14.3 Å². The van der Waals surface area contributed by atoms with Gasteiger partial charge in [-0.1, -0.05) is 78.2 Å². The predicted octanol–water partition coefficient (Wildman–Crippen LogP) is 11.5. The van der Waals surface area contributed by atoms with Gasteiger partial charge in [0, 0.05) is 61.8 Å². The van der Waals surface area contributed by atoms with Crippen LogP contribution in [0.25, 0.3) is 0 Å². The van der Waals surface area contributed by atoms with E-state index in [9.17, 15) is 9.59 Å². The van der Waals surface area contributed by atoms with Gasteiger partial charge >= 0.3 is 11.9 Å². The maximum Gasteiger partial charge on any atom is 0.336 e. The summed E-state index contributed by atoms with van der Waals surface area (Å²) in [5.74, 6) is 4.86. The lowest BCUT2D eigenvalue weighted by Gasteiger charge is -2.61. The normalized spacial score (nSPS) is 30.4. The smallest absolute Gasteiger partial charge is 0.336 e. The molecule has 1 aromatic rings. The minimum atomic E-state index is -0.629. The van der Waals surface area contributed by atoms with Crippen LogP contribution in [-0.4, -0.2) is 44.2 Å². The molecule has 0 radical (unpaired) electrons. The maximum absolute atomic E-state index is 13.1. The largest absolute Gasteiger partial charge is 0.459 e. The molecule has 0 amide bonds. The highest BCUT2D eigenvalue weighted by atomic mass is 16.5. The molecule has 4 fully saturated rings. The second-order valence-corrected chi connectivity index (χ2v) is 18.4. The van der Waals surface area contributed by atoms with E-state index >= 15 is 0 Å². The molecule has 9 unspecified atom stereocenters. The fraction of sp³-hybridized carbons (Fsp3) is 0.633. The average Bonchev–Trinajstić information content (AvgIpc) is 3.51. The molecule has 6 nitrogen and oxygen atoms in total. The molecule has 4 aliphatic rings. The topological polar surface area (TPSA) is 59.1 Å². The van der Waals surface area contributed by atoms with Crippen LogP contribution in [0, 0.1) is 52.3 Å². The molecule has 0 N–H and O–H groups in total. The molecular formula is C49H72N2O4. The number of esters is 2. The number of carbonyl (C=O) groups excluding carboxylic acids is 2. The number of ether oxygens (including phenoxy) is 2. The summed E-state index contributed by atoms with van der Waals surface area (Å²) in [6, 6.07) is 5.68. The van der Waals surface area contributed by atoms with Crippen molar-refractivity contribution in [2.45, 2.75) is 118 Å². The number of nitrogens with zero attached hydrogens (tertiary/aromatic N) is 2. The van der Waals surface area contributed by atoms with Crippen molar-refractivity contribution >= 4 is 23.3 Å². The monoisotopic (exact) mass is 753 g/mol. The molecule has 9 atom stereocenters. The summed E-state index contributed by atoms with van der Waals surface area (Å²) in [5.41, 5.74) is 2.54. The Morgan fingerprint density at radius 1 is 0.745 bits per heavy atom. The SMILES string of the molecule is C=CCN(CC=C)c1cc(OC(=O)C=CC(=O)OC2CCC3(C)C(CCC4C3CCC3(C)C(C(C)CCCC(C)C)CCC43)C2)cc(N(CC=C)CC=C)c1. The van der Waals surface area contributed by atoms with Crippen LogP contribution in [0.3, 0.4) is 0 Å². The van der Waals surface area contributed by atoms with Gasteiger partial charge in [-0.15, -0.1) is 26.3 Å². The highest BCUT2D eigenvalue weighted by molar-refractivity contribution is 5.92. The van der Waals surface area contributed by atoms with Crippen LogP contribution in [0.5, 0.6) is 5.75 Å². The van der Waals surface area contributed by atoms with Gasteiger partial charge in [-0.25, -0.2) is 9.59 Å². The lowest BCUT2D eigenvalue weighted by atomic mass is 9.44. The number of hydrogen-bond donors (Lipinski definition) is 0. The average molecular weight is 753 g/mol. The fourth-order valence-corrected chi connectivity index (χ4v) is 12.0. The minimum absolute atomic E-state index is 0.111. The molecule has 0 spiro atoms. The number of hydrogen-bond acceptors (Lipinski definition) is 6. The number of anilines is 2. The molecule has 302 valence electrons. The van der Waals surface area contributed by atoms with E-state index in [1.54, 1.807) is 0 Å². The molecule has 5 rings (SSSR count). The summed E-state index contributed by atoms with van der Waals surface area (Å²) < 4.78 is 11.8. The first-order valence-electron chi connectivity index (χ1n) is 21.6. The van der Waals surface area contributed by atoms with E-state index in [2.05, 4.69) is 70.7 Å². The summed E-state index contributed by atoms with van der Waals surface area (Å²) in [4.78, 5) is 30.3. The van der Waals surface area contributed by atoms with Gasteiger partial charge < -0.3 is 19.3 Å². The standard InChI is InChI=1S/C49H72N2O4/c1-10-27-50(28-11-2)38-32-39(51(29-12-3)30-13-4)34-41(33-38)55-47(53)22-21-46(52)54-40-23-25-48(8)37(31-40)17-18-42-44-20-19-43(36(7)16-14-15-35(5)6)49(44,9)26-24-45(42)48/h10-13,21-22,32-37,40,42-45H,1-4,14-20,23-31H2,5-9H3. The van der Waals surface area contributed by atoms with E-state index < -0.39 is 11.9 Å². The Labute approximate surface area is 334 Å². The summed E-state index contributed by atoms with van der Waals surface area (Å²) in [7, 11) is 0. The van der Waals surface area contributed by atoms with Crippen LogP contribution >= 0.6 is 0 Å². The van der Waals surface area contributed by atoms with Crippen molar-refractivity contribution in [3.8, 4) is 5.75 Å². The third-order valence-corrected chi connectivity index (χ3v) is 14.7. The zero-order chi connectivity index (χ0) is 39.8. The number of carbonyl (C=O) groups is 2. The van der Waals surface area contributed by atoms with Crippen molar-refractivity contribution in [2.24, 2.45) is 52.3 Å². The summed E-state index contributed by atoms with van der Waals surface area (Å²) in [5, 5.41) is 0. The Morgan fingerprint density at radius 3 is 1.93 bits per heavy atom. The van der Waals surface area contributed by atoms with E-state index in [4.69, 9.17) is 9.47 Å². The fourth-order valence-electron chi connectivity index (χ4n) is 12.0. The number of benzene rings is 1. The zero-order valence-electron chi connectivity index (χ0n) is 35.0. The summed E-state index contributed by atoms with van der Waals surface area (Å²) in [6.07, 6.45) is 24.8. The minimum Gasteiger partial charge on any atom is -0.459 e. The first-order valence-corrected chi connectivity index (χ1v) is 21.6. The van der Waals surface area contributed by atoms with E-state index in [0.717, 1.165) is 66.1 Å². The molecule has 0 aromatic heterocycles. The van der Waals surface area contributed by atoms with Crippen LogP contribution in [0.4, 0.5) is 11.4 Å². The first-order chi connectivity index (χ1) is 26.4. The molecule has 4 aliphatic carbocycles. The van der Waals surface area contributed by atoms with Crippen molar-refractivity contribution < 1.29 is 19.1 Å². The lowest BCUT2D eigenvalue weighted by Crippen LogP contribution is -2.54.